The molecule has 0 N–H and O–H groups in total. The average molecular weight is 703 g/mol. The number of ether oxygens (including phenoxy) is 7. The van der Waals surface area contributed by atoms with Crippen LogP contribution in [0.5, 0.6) is 0 Å². The summed E-state index contributed by atoms with van der Waals surface area (Å²) < 4.78 is 36.3. The van der Waals surface area contributed by atoms with E-state index in [1.165, 1.54) is 116 Å². The Morgan fingerprint density at radius 2 is 0.551 bits per heavy atom. The van der Waals surface area contributed by atoms with Crippen LogP contribution in [0.1, 0.15) is 180 Å². The third-order valence-electron chi connectivity index (χ3n) is 8.76. The first-order chi connectivity index (χ1) is 24.2. The van der Waals surface area contributed by atoms with E-state index in [-0.39, 0.29) is 11.9 Å². The van der Waals surface area contributed by atoms with Gasteiger partial charge in [-0.3, -0.25) is 9.59 Å². The monoisotopic (exact) mass is 703 g/mol. The van der Waals surface area contributed by atoms with E-state index in [9.17, 15) is 9.59 Å². The molecule has 9 nitrogen and oxygen atoms in total. The quantitative estimate of drug-likeness (QED) is 0.0266. The van der Waals surface area contributed by atoms with Crippen LogP contribution >= 0.6 is 0 Å². The van der Waals surface area contributed by atoms with Crippen LogP contribution in [-0.2, 0) is 42.7 Å². The smallest absolute Gasteiger partial charge is 0.313 e. The second-order valence-corrected chi connectivity index (χ2v) is 13.4. The fourth-order valence-corrected chi connectivity index (χ4v) is 5.70. The van der Waals surface area contributed by atoms with Gasteiger partial charge in [0.05, 0.1) is 26.4 Å². The maximum atomic E-state index is 12.0. The molecule has 0 aliphatic heterocycles. The van der Waals surface area contributed by atoms with Crippen molar-refractivity contribution in [3.05, 3.63) is 0 Å². The number of esters is 2. The van der Waals surface area contributed by atoms with Crippen molar-refractivity contribution in [3.63, 3.8) is 0 Å². The number of hydrogen-bond acceptors (Lipinski definition) is 9. The first kappa shape index (κ1) is 47.9. The molecule has 0 unspecified atom stereocenters. The third-order valence-corrected chi connectivity index (χ3v) is 8.76. The fourth-order valence-electron chi connectivity index (χ4n) is 5.70. The van der Waals surface area contributed by atoms with E-state index in [0.717, 1.165) is 64.6 Å². The summed E-state index contributed by atoms with van der Waals surface area (Å²) in [5, 5.41) is 0. The van der Waals surface area contributed by atoms with Gasteiger partial charge in [-0.05, 0) is 25.7 Å². The van der Waals surface area contributed by atoms with Crippen molar-refractivity contribution in [1.29, 1.82) is 0 Å². The second kappa shape index (κ2) is 43.1. The lowest BCUT2D eigenvalue weighted by molar-refractivity contribution is -0.159. The number of hydrogen-bond donors (Lipinski definition) is 0. The summed E-state index contributed by atoms with van der Waals surface area (Å²) in [4.78, 5) is 24.0. The maximum Gasteiger partial charge on any atom is 0.313 e. The molecular weight excluding hydrogens is 624 g/mol. The van der Waals surface area contributed by atoms with Crippen LogP contribution in [0.25, 0.3) is 0 Å². The molecule has 0 aliphatic rings. The molecule has 0 amide bonds. The minimum Gasteiger partial charge on any atom is -0.393 e. The van der Waals surface area contributed by atoms with Crippen molar-refractivity contribution in [2.45, 2.75) is 180 Å². The number of unbranched alkanes of at least 4 members (excludes halogenated alkanes) is 24. The van der Waals surface area contributed by atoms with Crippen LogP contribution in [0.2, 0.25) is 0 Å². The van der Waals surface area contributed by atoms with Gasteiger partial charge in [-0.15, -0.1) is 0 Å². The SMILES string of the molecule is COCCOCOCCCCCCCCCCCCCCCC(=O)OC(=O)CCCCCCCCCCCCCCCOCOCCOC. The molecule has 292 valence electrons. The molecule has 0 atom stereocenters. The molecule has 0 fully saturated rings. The molecular formula is C40H78O9. The number of rotatable bonds is 42. The summed E-state index contributed by atoms with van der Waals surface area (Å²) in [6.45, 7) is 4.70. The van der Waals surface area contributed by atoms with Crippen molar-refractivity contribution in [2.24, 2.45) is 0 Å². The van der Waals surface area contributed by atoms with Gasteiger partial charge in [-0.25, -0.2) is 0 Å². The molecule has 0 rings (SSSR count). The predicted molar refractivity (Wildman–Crippen MR) is 198 cm³/mol. The maximum absolute atomic E-state index is 12.0. The van der Waals surface area contributed by atoms with E-state index in [2.05, 4.69) is 0 Å². The van der Waals surface area contributed by atoms with Crippen molar-refractivity contribution in [1.82, 2.24) is 0 Å². The molecule has 9 heteroatoms. The highest BCUT2D eigenvalue weighted by atomic mass is 16.7. The molecule has 0 radical (unpaired) electrons. The second-order valence-electron chi connectivity index (χ2n) is 13.4. The van der Waals surface area contributed by atoms with Crippen LogP contribution in [0.3, 0.4) is 0 Å². The lowest BCUT2D eigenvalue weighted by atomic mass is 10.0. The zero-order valence-corrected chi connectivity index (χ0v) is 32.1. The largest absolute Gasteiger partial charge is 0.393 e. The van der Waals surface area contributed by atoms with E-state index in [1.807, 2.05) is 0 Å². The van der Waals surface area contributed by atoms with Crippen LogP contribution in [0.4, 0.5) is 0 Å². The van der Waals surface area contributed by atoms with Gasteiger partial charge in [-0.2, -0.15) is 0 Å². The van der Waals surface area contributed by atoms with Gasteiger partial charge in [0.1, 0.15) is 13.6 Å². The Hall–Kier alpha value is -1.10. The van der Waals surface area contributed by atoms with Gasteiger partial charge < -0.3 is 33.2 Å². The number of carbonyl (C=O) groups excluding carboxylic acids is 2. The van der Waals surface area contributed by atoms with Crippen molar-refractivity contribution >= 4 is 11.9 Å². The zero-order chi connectivity index (χ0) is 35.6. The van der Waals surface area contributed by atoms with Gasteiger partial charge in [0.25, 0.3) is 0 Å². The number of carbonyl (C=O) groups is 2. The fraction of sp³-hybridized carbons (Fsp3) is 0.950. The minimum absolute atomic E-state index is 0.349. The lowest BCUT2D eigenvalue weighted by Crippen LogP contribution is -2.11. The predicted octanol–water partition coefficient (Wildman–Crippen LogP) is 10.3. The Balaban J connectivity index is 3.25. The van der Waals surface area contributed by atoms with Gasteiger partial charge in [0, 0.05) is 40.3 Å². The summed E-state index contributed by atoms with van der Waals surface area (Å²) in [6.07, 6.45) is 32.2. The minimum atomic E-state index is -0.349. The molecule has 0 bridgehead atoms. The van der Waals surface area contributed by atoms with Crippen LogP contribution in [-0.4, -0.2) is 79.4 Å². The topological polar surface area (TPSA) is 98.8 Å². The molecule has 0 aromatic heterocycles. The van der Waals surface area contributed by atoms with E-state index >= 15 is 0 Å². The van der Waals surface area contributed by atoms with Crippen molar-refractivity contribution in [2.75, 3.05) is 67.4 Å². The van der Waals surface area contributed by atoms with E-state index in [1.54, 1.807) is 14.2 Å². The standard InChI is InChI=1S/C40H78O9/c1-43-33-35-47-37-45-31-27-23-19-15-11-7-3-5-9-13-17-21-25-29-39(41)49-40(42)30-26-22-18-14-10-6-4-8-12-16-20-24-28-32-46-38-48-36-34-44-2/h3-38H2,1-2H3. The van der Waals surface area contributed by atoms with Crippen LogP contribution in [0, 0.1) is 0 Å². The Bertz CT molecular complexity index is 608. The lowest BCUT2D eigenvalue weighted by Gasteiger charge is -2.06. The Labute approximate surface area is 301 Å². The molecule has 0 spiro atoms. The summed E-state index contributed by atoms with van der Waals surface area (Å²) in [5.41, 5.74) is 0. The normalized spacial score (nSPS) is 11.4. The highest BCUT2D eigenvalue weighted by Gasteiger charge is 2.10. The highest BCUT2D eigenvalue weighted by molar-refractivity contribution is 5.85. The first-order valence-corrected chi connectivity index (χ1v) is 20.2. The number of methoxy groups -OCH3 is 2. The molecule has 0 aliphatic carbocycles. The van der Waals surface area contributed by atoms with Crippen LogP contribution < -0.4 is 0 Å². The molecule has 0 saturated heterocycles. The van der Waals surface area contributed by atoms with E-state index in [0.29, 0.717) is 52.9 Å². The van der Waals surface area contributed by atoms with Gasteiger partial charge in [-0.1, -0.05) is 141 Å². The Kier molecular flexibility index (Phi) is 42.1. The summed E-state index contributed by atoms with van der Waals surface area (Å²) in [5.74, 6) is -0.698. The molecule has 0 saturated carbocycles. The Morgan fingerprint density at radius 3 is 0.837 bits per heavy atom. The van der Waals surface area contributed by atoms with Crippen molar-refractivity contribution in [3.8, 4) is 0 Å². The molecule has 0 aromatic carbocycles. The first-order valence-electron chi connectivity index (χ1n) is 20.2. The Morgan fingerprint density at radius 1 is 0.306 bits per heavy atom. The van der Waals surface area contributed by atoms with E-state index < -0.39 is 0 Å². The average Bonchev–Trinajstić information content (AvgIpc) is 3.10. The molecule has 0 heterocycles. The molecule has 49 heavy (non-hydrogen) atoms. The van der Waals surface area contributed by atoms with Gasteiger partial charge >= 0.3 is 11.9 Å². The van der Waals surface area contributed by atoms with Crippen LogP contribution in [0.15, 0.2) is 0 Å². The summed E-state index contributed by atoms with van der Waals surface area (Å²) >= 11 is 0. The highest BCUT2D eigenvalue weighted by Crippen LogP contribution is 2.15. The van der Waals surface area contributed by atoms with Crippen molar-refractivity contribution < 1.29 is 42.7 Å². The zero-order valence-electron chi connectivity index (χ0n) is 32.1. The summed E-state index contributed by atoms with van der Waals surface area (Å²) in [6, 6.07) is 0. The summed E-state index contributed by atoms with van der Waals surface area (Å²) in [7, 11) is 3.34. The van der Waals surface area contributed by atoms with E-state index in [4.69, 9.17) is 33.2 Å². The third kappa shape index (κ3) is 43.0. The van der Waals surface area contributed by atoms with Gasteiger partial charge in [0.2, 0.25) is 0 Å². The molecule has 0 aromatic rings. The van der Waals surface area contributed by atoms with Gasteiger partial charge in [0.15, 0.2) is 0 Å².